The van der Waals surface area contributed by atoms with Crippen LogP contribution in [0.4, 0.5) is 5.69 Å². The third kappa shape index (κ3) is 4.39. The largest absolute Gasteiger partial charge is 0.497 e. The van der Waals surface area contributed by atoms with E-state index in [0.717, 1.165) is 37.0 Å². The van der Waals surface area contributed by atoms with Crippen LogP contribution in [0.2, 0.25) is 0 Å². The molecule has 6 heteroatoms. The summed E-state index contributed by atoms with van der Waals surface area (Å²) in [7, 11) is 3.26. The average molecular weight is 370 g/mol. The second-order valence-corrected chi connectivity index (χ2v) is 6.70. The number of amides is 1. The van der Waals surface area contributed by atoms with Crippen molar-refractivity contribution in [3.63, 3.8) is 0 Å². The molecule has 0 radical (unpaired) electrons. The van der Waals surface area contributed by atoms with Crippen molar-refractivity contribution in [3.05, 3.63) is 48.2 Å². The van der Waals surface area contributed by atoms with Crippen LogP contribution in [0.1, 0.15) is 31.2 Å². The standard InChI is InChI=1S/C21H26N2O4/c1-25-13-14-27-19-10-7-17(15-22-19)23-20(24)21(11-3-4-12-21)16-5-8-18(26-2)9-6-16/h5-10,15H,3-4,11-14H2,1-2H3,(H,23,24). The van der Waals surface area contributed by atoms with Gasteiger partial charge in [0.1, 0.15) is 12.4 Å². The fourth-order valence-electron chi connectivity index (χ4n) is 3.56. The predicted octanol–water partition coefficient (Wildman–Crippen LogP) is 3.57. The number of carbonyl (C=O) groups is 1. The maximum absolute atomic E-state index is 13.2. The average Bonchev–Trinajstić information content (AvgIpc) is 3.21. The van der Waals surface area contributed by atoms with Gasteiger partial charge in [-0.15, -0.1) is 0 Å². The molecule has 1 fully saturated rings. The van der Waals surface area contributed by atoms with Crippen molar-refractivity contribution in [2.45, 2.75) is 31.1 Å². The molecule has 3 rings (SSSR count). The summed E-state index contributed by atoms with van der Waals surface area (Å²) in [5, 5.41) is 3.03. The minimum absolute atomic E-state index is 0.0139. The van der Waals surface area contributed by atoms with Gasteiger partial charge in [0, 0.05) is 13.2 Å². The number of hydrogen-bond acceptors (Lipinski definition) is 5. The molecule has 27 heavy (non-hydrogen) atoms. The van der Waals surface area contributed by atoms with Crippen molar-refractivity contribution in [2.75, 3.05) is 32.8 Å². The number of carbonyl (C=O) groups excluding carboxylic acids is 1. The summed E-state index contributed by atoms with van der Waals surface area (Å²) in [6.45, 7) is 0.945. The van der Waals surface area contributed by atoms with Crippen molar-refractivity contribution in [2.24, 2.45) is 0 Å². The zero-order chi connectivity index (χ0) is 19.1. The van der Waals surface area contributed by atoms with Crippen LogP contribution in [0.5, 0.6) is 11.6 Å². The van der Waals surface area contributed by atoms with E-state index in [2.05, 4.69) is 10.3 Å². The number of anilines is 1. The Morgan fingerprint density at radius 2 is 1.81 bits per heavy atom. The number of benzene rings is 1. The Labute approximate surface area is 159 Å². The summed E-state index contributed by atoms with van der Waals surface area (Å²) in [5.41, 5.74) is 1.20. The molecule has 0 atom stereocenters. The molecular weight excluding hydrogens is 344 g/mol. The first-order valence-electron chi connectivity index (χ1n) is 9.22. The maximum Gasteiger partial charge on any atom is 0.235 e. The van der Waals surface area contributed by atoms with E-state index in [1.54, 1.807) is 26.5 Å². The third-order valence-corrected chi connectivity index (χ3v) is 5.07. The number of hydrogen-bond donors (Lipinski definition) is 1. The highest BCUT2D eigenvalue weighted by Gasteiger charge is 2.42. The van der Waals surface area contributed by atoms with Gasteiger partial charge in [0.05, 0.1) is 31.0 Å². The number of nitrogens with one attached hydrogen (secondary N) is 1. The van der Waals surface area contributed by atoms with Crippen LogP contribution in [-0.2, 0) is 14.9 Å². The van der Waals surface area contributed by atoms with E-state index in [9.17, 15) is 4.79 Å². The van der Waals surface area contributed by atoms with Gasteiger partial charge in [-0.25, -0.2) is 4.98 Å². The fraction of sp³-hybridized carbons (Fsp3) is 0.429. The summed E-state index contributed by atoms with van der Waals surface area (Å²) in [6.07, 6.45) is 5.40. The van der Waals surface area contributed by atoms with Crippen LogP contribution >= 0.6 is 0 Å². The van der Waals surface area contributed by atoms with Gasteiger partial charge in [-0.05, 0) is 36.6 Å². The van der Waals surface area contributed by atoms with Crippen LogP contribution in [0.25, 0.3) is 0 Å². The first-order valence-corrected chi connectivity index (χ1v) is 9.22. The van der Waals surface area contributed by atoms with E-state index < -0.39 is 5.41 Å². The van der Waals surface area contributed by atoms with Crippen LogP contribution in [0, 0.1) is 0 Å². The first kappa shape index (κ1) is 19.2. The zero-order valence-corrected chi connectivity index (χ0v) is 15.9. The SMILES string of the molecule is COCCOc1ccc(NC(=O)C2(c3ccc(OC)cc3)CCCC2)cn1. The van der Waals surface area contributed by atoms with E-state index in [-0.39, 0.29) is 5.91 Å². The van der Waals surface area contributed by atoms with Crippen molar-refractivity contribution < 1.29 is 19.0 Å². The number of rotatable bonds is 8. The highest BCUT2D eigenvalue weighted by atomic mass is 16.5. The van der Waals surface area contributed by atoms with Gasteiger partial charge < -0.3 is 19.5 Å². The zero-order valence-electron chi connectivity index (χ0n) is 15.9. The molecule has 144 valence electrons. The molecule has 0 bridgehead atoms. The lowest BCUT2D eigenvalue weighted by molar-refractivity contribution is -0.121. The minimum atomic E-state index is -0.500. The van der Waals surface area contributed by atoms with Gasteiger partial charge in [0.2, 0.25) is 11.8 Å². The first-order chi connectivity index (χ1) is 13.2. The molecule has 1 aromatic heterocycles. The second kappa shape index (κ2) is 8.86. The molecule has 1 amide bonds. The Balaban J connectivity index is 1.72. The third-order valence-electron chi connectivity index (χ3n) is 5.07. The van der Waals surface area contributed by atoms with Gasteiger partial charge in [-0.2, -0.15) is 0 Å². The number of pyridine rings is 1. The lowest BCUT2D eigenvalue weighted by Gasteiger charge is -2.28. The maximum atomic E-state index is 13.2. The van der Waals surface area contributed by atoms with E-state index in [1.165, 1.54) is 0 Å². The number of aromatic nitrogens is 1. The van der Waals surface area contributed by atoms with Crippen LogP contribution in [-0.4, -0.2) is 38.3 Å². The van der Waals surface area contributed by atoms with Crippen molar-refractivity contribution >= 4 is 11.6 Å². The highest BCUT2D eigenvalue weighted by Crippen LogP contribution is 2.42. The summed E-state index contributed by atoms with van der Waals surface area (Å²) < 4.78 is 15.6. The summed E-state index contributed by atoms with van der Waals surface area (Å²) in [4.78, 5) is 17.4. The Hall–Kier alpha value is -2.60. The quantitative estimate of drug-likeness (QED) is 0.720. The Kier molecular flexibility index (Phi) is 6.29. The predicted molar refractivity (Wildman–Crippen MR) is 103 cm³/mol. The van der Waals surface area contributed by atoms with Gasteiger partial charge in [0.25, 0.3) is 0 Å². The van der Waals surface area contributed by atoms with Crippen LogP contribution in [0.3, 0.4) is 0 Å². The molecule has 1 N–H and O–H groups in total. The molecule has 6 nitrogen and oxygen atoms in total. The van der Waals surface area contributed by atoms with Crippen molar-refractivity contribution in [3.8, 4) is 11.6 Å². The van der Waals surface area contributed by atoms with Crippen molar-refractivity contribution in [1.29, 1.82) is 0 Å². The smallest absolute Gasteiger partial charge is 0.235 e. The second-order valence-electron chi connectivity index (χ2n) is 6.70. The Bertz CT molecular complexity index is 738. The lowest BCUT2D eigenvalue weighted by atomic mass is 9.78. The number of nitrogens with zero attached hydrogens (tertiary/aromatic N) is 1. The van der Waals surface area contributed by atoms with E-state index >= 15 is 0 Å². The summed E-state index contributed by atoms with van der Waals surface area (Å²) >= 11 is 0. The lowest BCUT2D eigenvalue weighted by Crippen LogP contribution is -2.38. The molecule has 0 unspecified atom stereocenters. The molecule has 0 spiro atoms. The van der Waals surface area contributed by atoms with E-state index in [4.69, 9.17) is 14.2 Å². The minimum Gasteiger partial charge on any atom is -0.497 e. The van der Waals surface area contributed by atoms with Gasteiger partial charge >= 0.3 is 0 Å². The van der Waals surface area contributed by atoms with Crippen LogP contribution < -0.4 is 14.8 Å². The van der Waals surface area contributed by atoms with Crippen molar-refractivity contribution in [1.82, 2.24) is 4.98 Å². The Morgan fingerprint density at radius 1 is 1.07 bits per heavy atom. The van der Waals surface area contributed by atoms with E-state index in [1.807, 2.05) is 30.3 Å². The number of ether oxygens (including phenoxy) is 3. The monoisotopic (exact) mass is 370 g/mol. The van der Waals surface area contributed by atoms with Gasteiger partial charge in [-0.3, -0.25) is 4.79 Å². The molecule has 1 aromatic carbocycles. The Morgan fingerprint density at radius 3 is 2.41 bits per heavy atom. The molecule has 1 saturated carbocycles. The molecule has 0 aliphatic heterocycles. The summed E-state index contributed by atoms with van der Waals surface area (Å²) in [6, 6.07) is 11.4. The molecule has 0 saturated heterocycles. The fourth-order valence-corrected chi connectivity index (χ4v) is 3.56. The normalized spacial score (nSPS) is 15.3. The molecule has 1 aliphatic carbocycles. The van der Waals surface area contributed by atoms with Gasteiger partial charge in [-0.1, -0.05) is 25.0 Å². The summed E-state index contributed by atoms with van der Waals surface area (Å²) in [5.74, 6) is 1.32. The molecule has 1 aliphatic rings. The molecular formula is C21H26N2O4. The van der Waals surface area contributed by atoms with E-state index in [0.29, 0.717) is 24.8 Å². The van der Waals surface area contributed by atoms with Crippen LogP contribution in [0.15, 0.2) is 42.6 Å². The highest BCUT2D eigenvalue weighted by molar-refractivity contribution is 5.99. The topological polar surface area (TPSA) is 69.7 Å². The van der Waals surface area contributed by atoms with Gasteiger partial charge in [0.15, 0.2) is 0 Å². The number of methoxy groups -OCH3 is 2. The molecule has 2 aromatic rings. The molecule has 1 heterocycles.